The minimum Gasteiger partial charge on any atom is -0.507 e. The topological polar surface area (TPSA) is 49.8 Å². The van der Waals surface area contributed by atoms with Gasteiger partial charge in [0.25, 0.3) is 0 Å². The number of hydrogen-bond acceptors (Lipinski definition) is 4. The number of ketones is 1. The third-order valence-corrected chi connectivity index (χ3v) is 5.39. The molecule has 1 unspecified atom stereocenters. The minimum atomic E-state index is -0.332. The van der Waals surface area contributed by atoms with Gasteiger partial charge in [0, 0.05) is 12.6 Å². The van der Waals surface area contributed by atoms with Gasteiger partial charge in [-0.3, -0.25) is 9.69 Å². The summed E-state index contributed by atoms with van der Waals surface area (Å²) in [6.07, 6.45) is 5.09. The lowest BCUT2D eigenvalue weighted by molar-refractivity contribution is 0.101. The number of nitrogens with zero attached hydrogens (tertiary/aromatic N) is 1. The fourth-order valence-electron chi connectivity index (χ4n) is 3.76. The van der Waals surface area contributed by atoms with Crippen molar-refractivity contribution in [2.24, 2.45) is 0 Å². The molecule has 1 saturated heterocycles. The molecule has 1 fully saturated rings. The third-order valence-electron chi connectivity index (χ3n) is 5.39. The Balaban J connectivity index is 1.65. The number of halogens is 1. The lowest BCUT2D eigenvalue weighted by Gasteiger charge is -2.33. The van der Waals surface area contributed by atoms with Crippen LogP contribution in [0, 0.1) is 5.82 Å². The van der Waals surface area contributed by atoms with E-state index in [0.29, 0.717) is 35.0 Å². The number of fused-ring (bicyclic) bond motifs is 1. The number of phenols is 1. The van der Waals surface area contributed by atoms with Crippen molar-refractivity contribution < 1.29 is 19.0 Å². The Morgan fingerprint density at radius 3 is 2.74 bits per heavy atom. The first-order valence-electron chi connectivity index (χ1n) is 9.31. The van der Waals surface area contributed by atoms with Crippen LogP contribution in [0.15, 0.2) is 42.2 Å². The summed E-state index contributed by atoms with van der Waals surface area (Å²) in [7, 11) is 0. The Morgan fingerprint density at radius 1 is 1.22 bits per heavy atom. The standard InChI is InChI=1S/C22H22FNO3/c1-14-4-2-3-11-24(14)13-18-19(25)10-9-17-21(26)20(27-22(17)18)12-15-5-7-16(23)8-6-15/h5-10,12,14,25H,2-4,11,13H2,1H3/b20-12-. The molecule has 0 aliphatic carbocycles. The summed E-state index contributed by atoms with van der Waals surface area (Å²) in [5.74, 6) is 0.216. The highest BCUT2D eigenvalue weighted by Crippen LogP contribution is 2.40. The zero-order valence-electron chi connectivity index (χ0n) is 15.2. The predicted molar refractivity (Wildman–Crippen MR) is 101 cm³/mol. The SMILES string of the molecule is CC1CCCCN1Cc1c(O)ccc2c1O/C(=C\c1ccc(F)cc1)C2=O. The van der Waals surface area contributed by atoms with E-state index in [4.69, 9.17) is 4.74 Å². The van der Waals surface area contributed by atoms with E-state index in [9.17, 15) is 14.3 Å². The van der Waals surface area contributed by atoms with Crippen molar-refractivity contribution in [1.82, 2.24) is 4.90 Å². The van der Waals surface area contributed by atoms with Gasteiger partial charge in [0.05, 0.1) is 11.1 Å². The Labute approximate surface area is 157 Å². The second-order valence-electron chi connectivity index (χ2n) is 7.25. The Bertz CT molecular complexity index is 905. The lowest BCUT2D eigenvalue weighted by atomic mass is 10.0. The highest BCUT2D eigenvalue weighted by molar-refractivity contribution is 6.15. The Kier molecular flexibility index (Phi) is 4.70. The fourth-order valence-corrected chi connectivity index (χ4v) is 3.76. The summed E-state index contributed by atoms with van der Waals surface area (Å²) in [6.45, 7) is 3.70. The van der Waals surface area contributed by atoms with Crippen molar-refractivity contribution in [1.29, 1.82) is 0 Å². The highest BCUT2D eigenvalue weighted by Gasteiger charge is 2.32. The molecule has 27 heavy (non-hydrogen) atoms. The molecule has 5 heteroatoms. The molecule has 1 N–H and O–H groups in total. The monoisotopic (exact) mass is 367 g/mol. The van der Waals surface area contributed by atoms with Crippen LogP contribution < -0.4 is 4.74 Å². The smallest absolute Gasteiger partial charge is 0.231 e. The predicted octanol–water partition coefficient (Wildman–Crippen LogP) is 4.52. The van der Waals surface area contributed by atoms with E-state index in [1.165, 1.54) is 18.6 Å². The number of likely N-dealkylation sites (tertiary alicyclic amines) is 1. The van der Waals surface area contributed by atoms with Crippen LogP contribution >= 0.6 is 0 Å². The molecule has 2 heterocycles. The molecule has 2 aromatic rings. The minimum absolute atomic E-state index is 0.141. The molecule has 0 amide bonds. The van der Waals surface area contributed by atoms with E-state index in [-0.39, 0.29) is 23.1 Å². The van der Waals surface area contributed by atoms with Gasteiger partial charge >= 0.3 is 0 Å². The molecule has 0 aromatic heterocycles. The van der Waals surface area contributed by atoms with Gasteiger partial charge in [-0.05, 0) is 62.2 Å². The van der Waals surface area contributed by atoms with Crippen molar-refractivity contribution in [3.63, 3.8) is 0 Å². The number of rotatable bonds is 3. The molecular weight excluding hydrogens is 345 g/mol. The number of ether oxygens (including phenoxy) is 1. The molecule has 0 saturated carbocycles. The second kappa shape index (κ2) is 7.16. The fraction of sp³-hybridized carbons (Fsp3) is 0.318. The molecule has 0 bridgehead atoms. The van der Waals surface area contributed by atoms with Crippen LogP contribution in [0.1, 0.15) is 47.7 Å². The second-order valence-corrected chi connectivity index (χ2v) is 7.25. The number of piperidine rings is 1. The first kappa shape index (κ1) is 17.7. The molecule has 140 valence electrons. The molecular formula is C22H22FNO3. The van der Waals surface area contributed by atoms with Crippen molar-refractivity contribution in [3.05, 3.63) is 64.7 Å². The summed E-state index contributed by atoms with van der Waals surface area (Å²) in [6, 6.07) is 9.46. The summed E-state index contributed by atoms with van der Waals surface area (Å²) >= 11 is 0. The number of allylic oxidation sites excluding steroid dienone is 1. The van der Waals surface area contributed by atoms with Gasteiger partial charge in [-0.15, -0.1) is 0 Å². The number of benzene rings is 2. The molecule has 0 radical (unpaired) electrons. The molecule has 2 aromatic carbocycles. The maximum absolute atomic E-state index is 13.1. The Hall–Kier alpha value is -2.66. The van der Waals surface area contributed by atoms with Gasteiger partial charge in [0.15, 0.2) is 5.76 Å². The van der Waals surface area contributed by atoms with Crippen LogP contribution in [0.25, 0.3) is 6.08 Å². The Morgan fingerprint density at radius 2 is 2.00 bits per heavy atom. The van der Waals surface area contributed by atoms with Crippen LogP contribution in [0.5, 0.6) is 11.5 Å². The zero-order chi connectivity index (χ0) is 19.0. The van der Waals surface area contributed by atoms with Crippen LogP contribution in [0.3, 0.4) is 0 Å². The van der Waals surface area contributed by atoms with E-state index in [1.807, 2.05) is 0 Å². The van der Waals surface area contributed by atoms with Crippen LogP contribution in [-0.4, -0.2) is 28.4 Å². The van der Waals surface area contributed by atoms with Gasteiger partial charge in [0.1, 0.15) is 17.3 Å². The van der Waals surface area contributed by atoms with E-state index in [0.717, 1.165) is 19.4 Å². The number of hydrogen-bond donors (Lipinski definition) is 1. The van der Waals surface area contributed by atoms with E-state index < -0.39 is 0 Å². The molecule has 4 rings (SSSR count). The average molecular weight is 367 g/mol. The summed E-state index contributed by atoms with van der Waals surface area (Å²) < 4.78 is 19.0. The molecule has 2 aliphatic rings. The average Bonchev–Trinajstić information content (AvgIpc) is 2.97. The first-order chi connectivity index (χ1) is 13.0. The van der Waals surface area contributed by atoms with E-state index in [2.05, 4.69) is 11.8 Å². The molecule has 4 nitrogen and oxygen atoms in total. The van der Waals surface area contributed by atoms with Crippen molar-refractivity contribution in [2.45, 2.75) is 38.8 Å². The van der Waals surface area contributed by atoms with E-state index >= 15 is 0 Å². The van der Waals surface area contributed by atoms with Gasteiger partial charge < -0.3 is 9.84 Å². The summed E-state index contributed by atoms with van der Waals surface area (Å²) in [5, 5.41) is 10.4. The quantitative estimate of drug-likeness (QED) is 0.811. The molecule has 0 spiro atoms. The number of carbonyl (C=O) groups excluding carboxylic acids is 1. The van der Waals surface area contributed by atoms with Gasteiger partial charge in [-0.1, -0.05) is 18.6 Å². The third kappa shape index (κ3) is 3.47. The normalized spacial score (nSPS) is 21.3. The number of phenolic OH excluding ortho intramolecular Hbond substituents is 1. The molecule has 1 atom stereocenters. The molecule has 2 aliphatic heterocycles. The van der Waals surface area contributed by atoms with Gasteiger partial charge in [-0.2, -0.15) is 0 Å². The zero-order valence-corrected chi connectivity index (χ0v) is 15.2. The number of aromatic hydroxyl groups is 1. The maximum atomic E-state index is 13.1. The number of Topliss-reactive ketones (excluding diaryl/α,β-unsaturated/α-hetero) is 1. The van der Waals surface area contributed by atoms with Gasteiger partial charge in [0.2, 0.25) is 5.78 Å². The highest BCUT2D eigenvalue weighted by atomic mass is 19.1. The van der Waals surface area contributed by atoms with Crippen LogP contribution in [0.4, 0.5) is 4.39 Å². The van der Waals surface area contributed by atoms with Crippen molar-refractivity contribution in [2.75, 3.05) is 6.54 Å². The van der Waals surface area contributed by atoms with Crippen LogP contribution in [0.2, 0.25) is 0 Å². The van der Waals surface area contributed by atoms with Crippen molar-refractivity contribution in [3.8, 4) is 11.5 Å². The van der Waals surface area contributed by atoms with Gasteiger partial charge in [-0.25, -0.2) is 4.39 Å². The lowest BCUT2D eigenvalue weighted by Crippen LogP contribution is -2.36. The summed E-state index contributed by atoms with van der Waals surface area (Å²) in [5.41, 5.74) is 1.79. The first-order valence-corrected chi connectivity index (χ1v) is 9.31. The largest absolute Gasteiger partial charge is 0.507 e. The van der Waals surface area contributed by atoms with E-state index in [1.54, 1.807) is 30.3 Å². The van der Waals surface area contributed by atoms with Crippen LogP contribution in [-0.2, 0) is 6.54 Å². The number of carbonyl (C=O) groups is 1. The van der Waals surface area contributed by atoms with Crippen molar-refractivity contribution >= 4 is 11.9 Å². The maximum Gasteiger partial charge on any atom is 0.231 e. The summed E-state index contributed by atoms with van der Waals surface area (Å²) in [4.78, 5) is 15.0.